The van der Waals surface area contributed by atoms with Crippen LogP contribution in [0.25, 0.3) is 0 Å². The molecule has 3 rings (SSSR count). The first-order chi connectivity index (χ1) is 12.4. The molecule has 0 amide bonds. The highest BCUT2D eigenvalue weighted by Gasteiger charge is 2.35. The van der Waals surface area contributed by atoms with E-state index in [1.807, 2.05) is 13.0 Å². The molecule has 0 saturated carbocycles. The normalized spacial score (nSPS) is 20.8. The molecule has 1 N–H and O–H groups in total. The minimum Gasteiger partial charge on any atom is -0.381 e. The fraction of sp³-hybridized carbons (Fsp3) is 0.647. The van der Waals surface area contributed by atoms with Gasteiger partial charge >= 0.3 is 0 Å². The molecule has 144 valence electrons. The lowest BCUT2D eigenvalue weighted by atomic mass is 10.0. The van der Waals surface area contributed by atoms with Crippen LogP contribution in [-0.2, 0) is 14.8 Å². The SMILES string of the molecule is Cc1cccc([N+](=O)[O-])c1NC1CCN(S(=O)(=O)C2CCOCC2)CC1. The smallest absolute Gasteiger partial charge is 0.292 e. The van der Waals surface area contributed by atoms with Crippen LogP contribution in [0, 0.1) is 17.0 Å². The summed E-state index contributed by atoms with van der Waals surface area (Å²) in [7, 11) is -3.29. The molecule has 26 heavy (non-hydrogen) atoms. The molecular weight excluding hydrogens is 358 g/mol. The zero-order valence-electron chi connectivity index (χ0n) is 14.9. The number of para-hydroxylation sites is 1. The zero-order chi connectivity index (χ0) is 18.7. The first-order valence-corrected chi connectivity index (χ1v) is 10.5. The van der Waals surface area contributed by atoms with E-state index in [-0.39, 0.29) is 21.9 Å². The Morgan fingerprint density at radius 2 is 1.85 bits per heavy atom. The Balaban J connectivity index is 1.64. The van der Waals surface area contributed by atoms with Crippen molar-refractivity contribution in [3.8, 4) is 0 Å². The summed E-state index contributed by atoms with van der Waals surface area (Å²) in [5, 5.41) is 14.2. The number of nitrogens with one attached hydrogen (secondary N) is 1. The number of nitro groups is 1. The average Bonchev–Trinajstić information content (AvgIpc) is 2.64. The largest absolute Gasteiger partial charge is 0.381 e. The van der Waals surface area contributed by atoms with Crippen molar-refractivity contribution in [2.24, 2.45) is 0 Å². The Morgan fingerprint density at radius 1 is 1.19 bits per heavy atom. The van der Waals surface area contributed by atoms with E-state index in [1.54, 1.807) is 10.4 Å². The second-order valence-electron chi connectivity index (χ2n) is 6.90. The second kappa shape index (κ2) is 7.89. The van der Waals surface area contributed by atoms with Gasteiger partial charge in [-0.15, -0.1) is 0 Å². The lowest BCUT2D eigenvalue weighted by molar-refractivity contribution is -0.384. The number of benzene rings is 1. The Labute approximate surface area is 153 Å². The van der Waals surface area contributed by atoms with E-state index < -0.39 is 10.0 Å². The summed E-state index contributed by atoms with van der Waals surface area (Å²) in [5.74, 6) is 0. The van der Waals surface area contributed by atoms with Crippen molar-refractivity contribution in [1.29, 1.82) is 0 Å². The van der Waals surface area contributed by atoms with Crippen molar-refractivity contribution in [1.82, 2.24) is 4.31 Å². The number of aryl methyl sites for hydroxylation is 1. The predicted octanol–water partition coefficient (Wildman–Crippen LogP) is 2.29. The number of nitro benzene ring substituents is 1. The standard InChI is InChI=1S/C17H25N3O5S/c1-13-3-2-4-16(20(21)22)17(13)18-14-5-9-19(10-6-14)26(23,24)15-7-11-25-12-8-15/h2-4,14-15,18H,5-12H2,1H3. The van der Waals surface area contributed by atoms with Crippen LogP contribution in [0.5, 0.6) is 0 Å². The molecule has 0 aliphatic carbocycles. The minimum atomic E-state index is -3.29. The molecule has 0 aromatic heterocycles. The summed E-state index contributed by atoms with van der Waals surface area (Å²) in [6, 6.07) is 5.01. The lowest BCUT2D eigenvalue weighted by Crippen LogP contribution is -2.47. The Kier molecular flexibility index (Phi) is 5.79. The number of hydrogen-bond donors (Lipinski definition) is 1. The van der Waals surface area contributed by atoms with Gasteiger partial charge in [0.15, 0.2) is 0 Å². The lowest BCUT2D eigenvalue weighted by Gasteiger charge is -2.35. The number of rotatable bonds is 5. The maximum Gasteiger partial charge on any atom is 0.292 e. The van der Waals surface area contributed by atoms with Crippen LogP contribution >= 0.6 is 0 Å². The summed E-state index contributed by atoms with van der Waals surface area (Å²) < 4.78 is 32.4. The first-order valence-electron chi connectivity index (χ1n) is 8.97. The van der Waals surface area contributed by atoms with Crippen molar-refractivity contribution in [2.75, 3.05) is 31.6 Å². The average molecular weight is 383 g/mol. The Bertz CT molecular complexity index is 754. The van der Waals surface area contributed by atoms with Crippen molar-refractivity contribution in [2.45, 2.75) is 43.9 Å². The monoisotopic (exact) mass is 383 g/mol. The van der Waals surface area contributed by atoms with Crippen LogP contribution in [0.15, 0.2) is 18.2 Å². The topological polar surface area (TPSA) is 102 Å². The molecule has 2 saturated heterocycles. The minimum absolute atomic E-state index is 0.0240. The van der Waals surface area contributed by atoms with Crippen LogP contribution in [-0.4, -0.2) is 55.2 Å². The third-order valence-corrected chi connectivity index (χ3v) is 7.60. The van der Waals surface area contributed by atoms with Gasteiger partial charge in [-0.25, -0.2) is 12.7 Å². The van der Waals surface area contributed by atoms with Gasteiger partial charge < -0.3 is 10.1 Å². The number of nitrogens with zero attached hydrogens (tertiary/aromatic N) is 2. The summed E-state index contributed by atoms with van der Waals surface area (Å²) >= 11 is 0. The predicted molar refractivity (Wildman–Crippen MR) is 98.8 cm³/mol. The molecule has 1 aromatic rings. The number of ether oxygens (including phenoxy) is 1. The molecule has 0 atom stereocenters. The highest BCUT2D eigenvalue weighted by atomic mass is 32.2. The van der Waals surface area contributed by atoms with Gasteiger partial charge in [0.1, 0.15) is 5.69 Å². The van der Waals surface area contributed by atoms with Crippen LogP contribution in [0.4, 0.5) is 11.4 Å². The Hall–Kier alpha value is -1.71. The quantitative estimate of drug-likeness (QED) is 0.618. The van der Waals surface area contributed by atoms with Gasteiger partial charge in [0.2, 0.25) is 10.0 Å². The number of anilines is 1. The molecule has 2 fully saturated rings. The third-order valence-electron chi connectivity index (χ3n) is 5.20. The molecular formula is C17H25N3O5S. The van der Waals surface area contributed by atoms with E-state index in [0.29, 0.717) is 57.7 Å². The van der Waals surface area contributed by atoms with Crippen LogP contribution in [0.3, 0.4) is 0 Å². The van der Waals surface area contributed by atoms with Crippen molar-refractivity contribution < 1.29 is 18.1 Å². The van der Waals surface area contributed by atoms with E-state index in [1.165, 1.54) is 6.07 Å². The Morgan fingerprint density at radius 3 is 2.46 bits per heavy atom. The van der Waals surface area contributed by atoms with Crippen molar-refractivity contribution >= 4 is 21.4 Å². The molecule has 0 bridgehead atoms. The van der Waals surface area contributed by atoms with Gasteiger partial charge in [0, 0.05) is 38.4 Å². The molecule has 2 aliphatic rings. The molecule has 0 radical (unpaired) electrons. The molecule has 0 unspecified atom stereocenters. The van der Waals surface area contributed by atoms with Crippen LogP contribution in [0.2, 0.25) is 0 Å². The van der Waals surface area contributed by atoms with E-state index in [0.717, 1.165) is 5.56 Å². The number of piperidine rings is 1. The van der Waals surface area contributed by atoms with Gasteiger partial charge in [-0.05, 0) is 38.2 Å². The third kappa shape index (κ3) is 3.99. The van der Waals surface area contributed by atoms with Crippen LogP contribution in [0.1, 0.15) is 31.2 Å². The first kappa shape index (κ1) is 19.1. The molecule has 8 nitrogen and oxygen atoms in total. The summed E-state index contributed by atoms with van der Waals surface area (Å²) in [5.41, 5.74) is 1.40. The van der Waals surface area contributed by atoms with E-state index in [4.69, 9.17) is 4.74 Å². The molecule has 0 spiro atoms. The molecule has 9 heteroatoms. The van der Waals surface area contributed by atoms with Gasteiger partial charge in [0.05, 0.1) is 10.2 Å². The maximum atomic E-state index is 12.8. The molecule has 2 heterocycles. The van der Waals surface area contributed by atoms with Gasteiger partial charge in [0.25, 0.3) is 5.69 Å². The van der Waals surface area contributed by atoms with Gasteiger partial charge in [-0.2, -0.15) is 0 Å². The van der Waals surface area contributed by atoms with Crippen molar-refractivity contribution in [3.05, 3.63) is 33.9 Å². The maximum absolute atomic E-state index is 12.8. The number of hydrogen-bond acceptors (Lipinski definition) is 6. The summed E-state index contributed by atoms with van der Waals surface area (Å²) in [4.78, 5) is 10.9. The fourth-order valence-electron chi connectivity index (χ4n) is 3.64. The highest BCUT2D eigenvalue weighted by Crippen LogP contribution is 2.30. The van der Waals surface area contributed by atoms with Crippen LogP contribution < -0.4 is 5.32 Å². The molecule has 2 aliphatic heterocycles. The fourth-order valence-corrected chi connectivity index (χ4v) is 5.57. The zero-order valence-corrected chi connectivity index (χ0v) is 15.7. The second-order valence-corrected chi connectivity index (χ2v) is 9.11. The van der Waals surface area contributed by atoms with Crippen molar-refractivity contribution in [3.63, 3.8) is 0 Å². The van der Waals surface area contributed by atoms with E-state index in [9.17, 15) is 18.5 Å². The summed E-state index contributed by atoms with van der Waals surface area (Å²) in [6.07, 6.45) is 2.37. The van der Waals surface area contributed by atoms with Gasteiger partial charge in [-0.3, -0.25) is 10.1 Å². The highest BCUT2D eigenvalue weighted by molar-refractivity contribution is 7.89. The van der Waals surface area contributed by atoms with Gasteiger partial charge in [-0.1, -0.05) is 12.1 Å². The van der Waals surface area contributed by atoms with E-state index >= 15 is 0 Å². The van der Waals surface area contributed by atoms with E-state index in [2.05, 4.69) is 5.32 Å². The summed E-state index contributed by atoms with van der Waals surface area (Å²) in [6.45, 7) is 3.71. The molecule has 1 aromatic carbocycles. The number of sulfonamides is 1.